The molecule has 3 aromatic carbocycles. The first-order valence-corrected chi connectivity index (χ1v) is 11.7. The lowest BCUT2D eigenvalue weighted by Gasteiger charge is -2.34. The summed E-state index contributed by atoms with van der Waals surface area (Å²) in [6.45, 7) is 1.89. The molecule has 1 heterocycles. The predicted molar refractivity (Wildman–Crippen MR) is 132 cm³/mol. The number of aldehydes is 1. The van der Waals surface area contributed by atoms with Crippen LogP contribution in [-0.2, 0) is 17.6 Å². The number of likely N-dealkylation sites (tertiary alicyclic amines) is 1. The van der Waals surface area contributed by atoms with E-state index in [0.717, 1.165) is 23.8 Å². The Morgan fingerprint density at radius 1 is 1.06 bits per heavy atom. The zero-order valence-corrected chi connectivity index (χ0v) is 19.5. The third-order valence-electron chi connectivity index (χ3n) is 6.97. The second-order valence-corrected chi connectivity index (χ2v) is 9.41. The van der Waals surface area contributed by atoms with Crippen LogP contribution < -0.4 is 0 Å². The van der Waals surface area contributed by atoms with Crippen molar-refractivity contribution in [3.05, 3.63) is 106 Å². The van der Waals surface area contributed by atoms with Crippen molar-refractivity contribution in [1.29, 1.82) is 0 Å². The molecule has 0 aromatic heterocycles. The van der Waals surface area contributed by atoms with Crippen molar-refractivity contribution in [1.82, 2.24) is 4.90 Å². The van der Waals surface area contributed by atoms with Gasteiger partial charge in [-0.3, -0.25) is 14.9 Å². The van der Waals surface area contributed by atoms with Crippen LogP contribution in [0.25, 0.3) is 0 Å². The van der Waals surface area contributed by atoms with Crippen LogP contribution in [0.4, 0.5) is 5.69 Å². The Morgan fingerprint density at radius 3 is 2.31 bits per heavy atom. The molecule has 0 bridgehead atoms. The summed E-state index contributed by atoms with van der Waals surface area (Å²) in [6.07, 6.45) is 3.40. The van der Waals surface area contributed by atoms with Gasteiger partial charge in [-0.25, -0.2) is 0 Å². The SMILES string of the molecule is CC1(C=O)CC(CCc2ccccc2)N(C(=O)c2ccc([N+](=O)[O-])cc2)C1Cc1ccc(O)cc1. The van der Waals surface area contributed by atoms with Gasteiger partial charge >= 0.3 is 0 Å². The number of nitrogens with zero attached hydrogens (tertiary/aromatic N) is 2. The third-order valence-corrected chi connectivity index (χ3v) is 6.97. The van der Waals surface area contributed by atoms with Crippen molar-refractivity contribution in [3.8, 4) is 5.75 Å². The molecule has 0 saturated carbocycles. The van der Waals surface area contributed by atoms with E-state index >= 15 is 0 Å². The van der Waals surface area contributed by atoms with Crippen LogP contribution in [0.1, 0.15) is 41.3 Å². The van der Waals surface area contributed by atoms with Crippen molar-refractivity contribution < 1.29 is 19.6 Å². The van der Waals surface area contributed by atoms with E-state index in [1.807, 2.05) is 42.2 Å². The molecule has 1 amide bonds. The maximum atomic E-state index is 13.8. The summed E-state index contributed by atoms with van der Waals surface area (Å²) in [5.41, 5.74) is 1.58. The van der Waals surface area contributed by atoms with Crippen molar-refractivity contribution in [2.24, 2.45) is 5.41 Å². The normalized spacial score (nSPS) is 21.6. The minimum atomic E-state index is -0.754. The zero-order valence-electron chi connectivity index (χ0n) is 19.5. The third kappa shape index (κ3) is 5.24. The minimum Gasteiger partial charge on any atom is -0.508 e. The molecular weight excluding hydrogens is 444 g/mol. The number of carbonyl (C=O) groups excluding carboxylic acids is 2. The van der Waals surface area contributed by atoms with E-state index in [2.05, 4.69) is 0 Å². The van der Waals surface area contributed by atoms with Gasteiger partial charge in [0.2, 0.25) is 0 Å². The van der Waals surface area contributed by atoms with Crippen LogP contribution in [0.5, 0.6) is 5.75 Å². The molecule has 7 heteroatoms. The topological polar surface area (TPSA) is 101 Å². The fraction of sp³-hybridized carbons (Fsp3) is 0.286. The van der Waals surface area contributed by atoms with Crippen LogP contribution in [0.15, 0.2) is 78.9 Å². The highest BCUT2D eigenvalue weighted by molar-refractivity contribution is 5.95. The molecular formula is C28H28N2O5. The summed E-state index contributed by atoms with van der Waals surface area (Å²) in [6, 6.07) is 21.8. The van der Waals surface area contributed by atoms with Gasteiger partial charge < -0.3 is 14.8 Å². The summed E-state index contributed by atoms with van der Waals surface area (Å²) in [5, 5.41) is 20.7. The van der Waals surface area contributed by atoms with E-state index in [1.165, 1.54) is 24.3 Å². The highest BCUT2D eigenvalue weighted by Gasteiger charge is 2.51. The average Bonchev–Trinajstić information content (AvgIpc) is 3.16. The standard InChI is InChI=1S/C28H28N2O5/c1-28(19-31)18-24(12-7-20-5-3-2-4-6-20)29(26(28)17-21-8-15-25(32)16-9-21)27(33)22-10-13-23(14-11-22)30(34)35/h2-6,8-11,13-16,19,24,26,32H,7,12,17-18H2,1H3. The van der Waals surface area contributed by atoms with E-state index in [-0.39, 0.29) is 23.4 Å². The molecule has 1 aliphatic heterocycles. The Balaban J connectivity index is 1.68. The number of nitro groups is 1. The number of carbonyl (C=O) groups is 2. The predicted octanol–water partition coefficient (Wildman–Crippen LogP) is 4.96. The highest BCUT2D eigenvalue weighted by atomic mass is 16.6. The Morgan fingerprint density at radius 2 is 1.71 bits per heavy atom. The summed E-state index contributed by atoms with van der Waals surface area (Å²) < 4.78 is 0. The van der Waals surface area contributed by atoms with Crippen LogP contribution in [0.2, 0.25) is 0 Å². The highest BCUT2D eigenvalue weighted by Crippen LogP contribution is 2.43. The first kappa shape index (κ1) is 24.1. The molecule has 4 rings (SSSR count). The second kappa shape index (κ2) is 10.1. The van der Waals surface area contributed by atoms with Crippen LogP contribution in [0, 0.1) is 15.5 Å². The van der Waals surface area contributed by atoms with Gasteiger partial charge in [-0.2, -0.15) is 0 Å². The number of aromatic hydroxyl groups is 1. The quantitative estimate of drug-likeness (QED) is 0.284. The molecule has 0 spiro atoms. The van der Waals surface area contributed by atoms with Gasteiger partial charge in [0.05, 0.1) is 4.92 Å². The van der Waals surface area contributed by atoms with Crippen LogP contribution in [0.3, 0.4) is 0 Å². The first-order chi connectivity index (χ1) is 16.8. The molecule has 1 saturated heterocycles. The van der Waals surface area contributed by atoms with E-state index in [9.17, 15) is 24.8 Å². The lowest BCUT2D eigenvalue weighted by Crippen LogP contribution is -2.46. The van der Waals surface area contributed by atoms with Gasteiger partial charge in [0.15, 0.2) is 0 Å². The monoisotopic (exact) mass is 472 g/mol. The number of non-ortho nitro benzene ring substituents is 1. The number of phenols is 1. The van der Waals surface area contributed by atoms with Gasteiger partial charge in [0, 0.05) is 35.2 Å². The fourth-order valence-electron chi connectivity index (χ4n) is 5.03. The fourth-order valence-corrected chi connectivity index (χ4v) is 5.03. The van der Waals surface area contributed by atoms with Crippen molar-refractivity contribution in [2.45, 2.75) is 44.7 Å². The van der Waals surface area contributed by atoms with Crippen LogP contribution >= 0.6 is 0 Å². The molecule has 3 atom stereocenters. The number of rotatable bonds is 8. The summed E-state index contributed by atoms with van der Waals surface area (Å²) in [5.74, 6) is -0.0924. The number of aryl methyl sites for hydroxylation is 1. The second-order valence-electron chi connectivity index (χ2n) is 9.41. The minimum absolute atomic E-state index is 0.0815. The number of phenolic OH excluding ortho intramolecular Hbond substituents is 1. The van der Waals surface area contributed by atoms with Crippen molar-refractivity contribution >= 4 is 17.9 Å². The Hall–Kier alpha value is -4.00. The molecule has 35 heavy (non-hydrogen) atoms. The molecule has 1 aliphatic rings. The summed E-state index contributed by atoms with van der Waals surface area (Å²) >= 11 is 0. The molecule has 1 N–H and O–H groups in total. The van der Waals surface area contributed by atoms with E-state index in [0.29, 0.717) is 24.8 Å². The lowest BCUT2D eigenvalue weighted by atomic mass is 9.80. The molecule has 7 nitrogen and oxygen atoms in total. The van der Waals surface area contributed by atoms with Gasteiger partial charge in [-0.1, -0.05) is 49.4 Å². The largest absolute Gasteiger partial charge is 0.508 e. The smallest absolute Gasteiger partial charge is 0.269 e. The summed E-state index contributed by atoms with van der Waals surface area (Å²) in [4.78, 5) is 38.6. The molecule has 3 unspecified atom stereocenters. The van der Waals surface area contributed by atoms with E-state index in [4.69, 9.17) is 0 Å². The molecule has 3 aromatic rings. The van der Waals surface area contributed by atoms with E-state index < -0.39 is 16.4 Å². The number of hydrogen-bond donors (Lipinski definition) is 1. The Labute approximate surface area is 204 Å². The molecule has 1 fully saturated rings. The van der Waals surface area contributed by atoms with Crippen molar-refractivity contribution in [2.75, 3.05) is 0 Å². The Kier molecular flexibility index (Phi) is 6.96. The van der Waals surface area contributed by atoms with Gasteiger partial charge in [0.25, 0.3) is 11.6 Å². The van der Waals surface area contributed by atoms with Crippen molar-refractivity contribution in [3.63, 3.8) is 0 Å². The van der Waals surface area contributed by atoms with Gasteiger partial charge in [0.1, 0.15) is 12.0 Å². The number of benzene rings is 3. The van der Waals surface area contributed by atoms with E-state index in [1.54, 1.807) is 24.3 Å². The lowest BCUT2D eigenvalue weighted by molar-refractivity contribution is -0.384. The summed E-state index contributed by atoms with van der Waals surface area (Å²) in [7, 11) is 0. The van der Waals surface area contributed by atoms with Crippen LogP contribution in [-0.4, -0.2) is 39.2 Å². The molecule has 0 aliphatic carbocycles. The van der Waals surface area contributed by atoms with Gasteiger partial charge in [-0.05, 0) is 61.1 Å². The number of nitro benzene ring substituents is 1. The zero-order chi connectivity index (χ0) is 25.0. The maximum Gasteiger partial charge on any atom is 0.269 e. The maximum absolute atomic E-state index is 13.8. The number of hydrogen-bond acceptors (Lipinski definition) is 5. The first-order valence-electron chi connectivity index (χ1n) is 11.7. The Bertz CT molecular complexity index is 1190. The average molecular weight is 473 g/mol. The molecule has 0 radical (unpaired) electrons. The van der Waals surface area contributed by atoms with Gasteiger partial charge in [-0.15, -0.1) is 0 Å². The molecule has 180 valence electrons. The number of amides is 1.